The topological polar surface area (TPSA) is 29.5 Å². The molecule has 2 atom stereocenters. The Morgan fingerprint density at radius 1 is 1.17 bits per heavy atom. The summed E-state index contributed by atoms with van der Waals surface area (Å²) in [6.07, 6.45) is 15.7. The molecule has 23 heavy (non-hydrogen) atoms. The van der Waals surface area contributed by atoms with Gasteiger partial charge in [-0.1, -0.05) is 43.6 Å². The van der Waals surface area contributed by atoms with Crippen molar-refractivity contribution in [3.8, 4) is 0 Å². The van der Waals surface area contributed by atoms with Gasteiger partial charge >= 0.3 is 0 Å². The van der Waals surface area contributed by atoms with Gasteiger partial charge in [0.25, 0.3) is 0 Å². The normalized spacial score (nSPS) is 27.6. The number of nitrogens with zero attached hydrogens (tertiary/aromatic N) is 1. The lowest BCUT2D eigenvalue weighted by Crippen LogP contribution is -2.52. The van der Waals surface area contributed by atoms with E-state index in [0.29, 0.717) is 18.6 Å². The van der Waals surface area contributed by atoms with Gasteiger partial charge in [-0.3, -0.25) is 0 Å². The summed E-state index contributed by atoms with van der Waals surface area (Å²) < 4.78 is 7.22. The van der Waals surface area contributed by atoms with E-state index in [0.717, 1.165) is 17.4 Å². The maximum absolute atomic E-state index is 10.5. The molecule has 2 aliphatic rings. The fraction of sp³-hybridized carbons (Fsp3) is 0.800. The van der Waals surface area contributed by atoms with Crippen LogP contribution in [0.25, 0.3) is 0 Å². The summed E-state index contributed by atoms with van der Waals surface area (Å²) in [5, 5.41) is 10.5. The highest BCUT2D eigenvalue weighted by atomic mass is 16.5. The quantitative estimate of drug-likeness (QED) is 0.725. The van der Waals surface area contributed by atoms with Gasteiger partial charge in [0.15, 0.2) is 0 Å². The van der Waals surface area contributed by atoms with Crippen molar-refractivity contribution in [3.63, 3.8) is 0 Å². The van der Waals surface area contributed by atoms with Crippen LogP contribution in [0.1, 0.15) is 52.4 Å². The molecule has 3 heteroatoms. The first-order valence-corrected chi connectivity index (χ1v) is 9.35. The molecule has 1 fully saturated rings. The second kappa shape index (κ2) is 7.96. The summed E-state index contributed by atoms with van der Waals surface area (Å²) in [5.74, 6) is 0.595. The first-order valence-electron chi connectivity index (χ1n) is 9.35. The van der Waals surface area contributed by atoms with Gasteiger partial charge in [-0.25, -0.2) is 0 Å². The molecule has 1 saturated carbocycles. The van der Waals surface area contributed by atoms with Crippen molar-refractivity contribution in [1.82, 2.24) is 0 Å². The largest absolute Gasteiger partial charge is 0.385 e. The van der Waals surface area contributed by atoms with Gasteiger partial charge in [-0.2, -0.15) is 0 Å². The Balaban J connectivity index is 1.96. The van der Waals surface area contributed by atoms with Gasteiger partial charge < -0.3 is 14.3 Å². The average molecular weight is 323 g/mol. The molecule has 2 aliphatic carbocycles. The van der Waals surface area contributed by atoms with Crippen molar-refractivity contribution in [3.05, 3.63) is 24.3 Å². The van der Waals surface area contributed by atoms with Crippen LogP contribution in [0.4, 0.5) is 0 Å². The zero-order chi connectivity index (χ0) is 16.9. The first-order chi connectivity index (χ1) is 10.9. The Bertz CT molecular complexity index is 421. The smallest absolute Gasteiger partial charge is 0.126 e. The van der Waals surface area contributed by atoms with E-state index < -0.39 is 6.10 Å². The van der Waals surface area contributed by atoms with Gasteiger partial charge in [-0.05, 0) is 39.0 Å². The summed E-state index contributed by atoms with van der Waals surface area (Å²) in [4.78, 5) is 0. The van der Waals surface area contributed by atoms with Gasteiger partial charge in [0.05, 0.1) is 32.3 Å². The average Bonchev–Trinajstić information content (AvgIpc) is 2.54. The molecule has 0 bridgehead atoms. The molecule has 0 aromatic rings. The van der Waals surface area contributed by atoms with Crippen LogP contribution in [-0.4, -0.2) is 54.6 Å². The number of rotatable bonds is 7. The van der Waals surface area contributed by atoms with Crippen LogP contribution in [0, 0.1) is 5.92 Å². The van der Waals surface area contributed by atoms with Crippen LogP contribution >= 0.6 is 0 Å². The number of aliphatic hydroxyl groups excluding tert-OH is 1. The Morgan fingerprint density at radius 3 is 2.43 bits per heavy atom. The molecule has 0 aliphatic heterocycles. The second-order valence-corrected chi connectivity index (χ2v) is 8.30. The van der Waals surface area contributed by atoms with E-state index in [1.807, 2.05) is 0 Å². The Morgan fingerprint density at radius 2 is 1.87 bits per heavy atom. The minimum absolute atomic E-state index is 0.189. The molecule has 0 spiro atoms. The fourth-order valence-corrected chi connectivity index (χ4v) is 3.79. The summed E-state index contributed by atoms with van der Waals surface area (Å²) >= 11 is 0. The first kappa shape index (κ1) is 18.7. The van der Waals surface area contributed by atoms with Crippen molar-refractivity contribution in [1.29, 1.82) is 0 Å². The van der Waals surface area contributed by atoms with Crippen molar-refractivity contribution in [2.45, 2.75) is 70.1 Å². The molecule has 3 nitrogen and oxygen atoms in total. The number of hydrogen-bond donors (Lipinski definition) is 1. The third-order valence-electron chi connectivity index (χ3n) is 5.98. The number of hydrogen-bond acceptors (Lipinski definition) is 2. The van der Waals surface area contributed by atoms with Crippen molar-refractivity contribution in [2.75, 3.05) is 27.2 Å². The highest BCUT2D eigenvalue weighted by Gasteiger charge is 2.38. The molecule has 0 aromatic carbocycles. The molecule has 2 rings (SSSR count). The summed E-state index contributed by atoms with van der Waals surface area (Å²) in [7, 11) is 4.35. The second-order valence-electron chi connectivity index (χ2n) is 8.30. The number of quaternary nitrogens is 1. The third-order valence-corrected chi connectivity index (χ3v) is 5.98. The van der Waals surface area contributed by atoms with Gasteiger partial charge in [0.1, 0.15) is 12.6 Å². The number of likely N-dealkylation sites (N-methyl/N-ethyl adjacent to an activating group) is 1. The molecule has 0 aromatic heterocycles. The monoisotopic (exact) mass is 322 g/mol. The SMILES string of the molecule is CC(C)[N+](C)(C)CC(O)COC1(C2CCCCC2)C=CC=CC1. The van der Waals surface area contributed by atoms with Gasteiger partial charge in [0, 0.05) is 0 Å². The Kier molecular flexibility index (Phi) is 6.47. The Hall–Kier alpha value is -0.640. The predicted molar refractivity (Wildman–Crippen MR) is 96.3 cm³/mol. The molecule has 1 N–H and O–H groups in total. The van der Waals surface area contributed by atoms with E-state index in [4.69, 9.17) is 4.74 Å². The van der Waals surface area contributed by atoms with Crippen LogP contribution in [-0.2, 0) is 4.74 Å². The van der Waals surface area contributed by atoms with Crippen LogP contribution in [0.15, 0.2) is 24.3 Å². The van der Waals surface area contributed by atoms with E-state index in [1.54, 1.807) is 0 Å². The van der Waals surface area contributed by atoms with Crippen LogP contribution < -0.4 is 0 Å². The lowest BCUT2D eigenvalue weighted by atomic mass is 9.74. The molecule has 0 amide bonds. The van der Waals surface area contributed by atoms with E-state index in [1.165, 1.54) is 32.1 Å². The Labute approximate surface area is 142 Å². The van der Waals surface area contributed by atoms with Crippen molar-refractivity contribution >= 4 is 0 Å². The van der Waals surface area contributed by atoms with E-state index in [9.17, 15) is 5.11 Å². The molecule has 0 radical (unpaired) electrons. The van der Waals surface area contributed by atoms with Crippen molar-refractivity contribution in [2.24, 2.45) is 5.92 Å². The lowest BCUT2D eigenvalue weighted by molar-refractivity contribution is -0.914. The highest BCUT2D eigenvalue weighted by molar-refractivity contribution is 5.20. The molecule has 0 saturated heterocycles. The van der Waals surface area contributed by atoms with Gasteiger partial charge in [0.2, 0.25) is 0 Å². The maximum atomic E-state index is 10.5. The molecular formula is C20H36NO2+. The molecule has 0 heterocycles. The van der Waals surface area contributed by atoms with E-state index >= 15 is 0 Å². The van der Waals surface area contributed by atoms with Crippen LogP contribution in [0.2, 0.25) is 0 Å². The standard InChI is InChI=1S/C20H36NO2/c1-17(2)21(3,4)15-19(22)16-23-20(13-9-6-10-14-20)18-11-7-5-8-12-18/h6,9-10,13,17-19,22H,5,7-8,11-12,14-16H2,1-4H3/q+1. The van der Waals surface area contributed by atoms with E-state index in [-0.39, 0.29) is 5.60 Å². The number of ether oxygens (including phenoxy) is 1. The van der Waals surface area contributed by atoms with Crippen molar-refractivity contribution < 1.29 is 14.3 Å². The summed E-state index contributed by atoms with van der Waals surface area (Å²) in [5.41, 5.74) is -0.189. The molecule has 2 unspecified atom stereocenters. The highest BCUT2D eigenvalue weighted by Crippen LogP contribution is 2.40. The van der Waals surface area contributed by atoms with E-state index in [2.05, 4.69) is 52.2 Å². The lowest BCUT2D eigenvalue weighted by Gasteiger charge is -2.42. The number of aliphatic hydroxyl groups is 1. The van der Waals surface area contributed by atoms with Crippen LogP contribution in [0.5, 0.6) is 0 Å². The third kappa shape index (κ3) is 4.91. The fourth-order valence-electron chi connectivity index (χ4n) is 3.79. The minimum Gasteiger partial charge on any atom is -0.385 e. The summed E-state index contributed by atoms with van der Waals surface area (Å²) in [6, 6.07) is 0.495. The zero-order valence-electron chi connectivity index (χ0n) is 15.5. The maximum Gasteiger partial charge on any atom is 0.126 e. The minimum atomic E-state index is -0.410. The number of allylic oxidation sites excluding steroid dienone is 2. The summed E-state index contributed by atoms with van der Waals surface area (Å²) in [6.45, 7) is 5.57. The van der Waals surface area contributed by atoms with Gasteiger partial charge in [-0.15, -0.1) is 0 Å². The molecule has 132 valence electrons. The molecular weight excluding hydrogens is 286 g/mol. The zero-order valence-corrected chi connectivity index (χ0v) is 15.5. The van der Waals surface area contributed by atoms with Crippen LogP contribution in [0.3, 0.4) is 0 Å². The predicted octanol–water partition coefficient (Wildman–Crippen LogP) is 3.68.